The molecule has 6 nitrogen and oxygen atoms in total. The molecule has 2 heterocycles. The number of nitrogens with zero attached hydrogens (tertiary/aromatic N) is 2. The van der Waals surface area contributed by atoms with E-state index in [1.165, 1.54) is 4.57 Å². The third kappa shape index (κ3) is 3.57. The Morgan fingerprint density at radius 2 is 1.86 bits per heavy atom. The smallest absolute Gasteiger partial charge is 0.408 e. The van der Waals surface area contributed by atoms with Gasteiger partial charge in [-0.1, -0.05) is 30.3 Å². The van der Waals surface area contributed by atoms with Crippen molar-refractivity contribution in [3.8, 4) is 0 Å². The average Bonchev–Trinajstić information content (AvgIpc) is 3.00. The molecule has 0 aliphatic carbocycles. The summed E-state index contributed by atoms with van der Waals surface area (Å²) < 4.78 is 6.64. The number of pyridine rings is 1. The number of benzene rings is 2. The van der Waals surface area contributed by atoms with Crippen LogP contribution in [-0.2, 0) is 18.3 Å². The minimum atomic E-state index is -0.432. The van der Waals surface area contributed by atoms with E-state index in [1.54, 1.807) is 37.6 Å². The minimum absolute atomic E-state index is 0.124. The van der Waals surface area contributed by atoms with Crippen LogP contribution in [0, 0.1) is 0 Å². The van der Waals surface area contributed by atoms with Crippen LogP contribution >= 0.6 is 0 Å². The highest BCUT2D eigenvalue weighted by molar-refractivity contribution is 5.97. The SMILES string of the molecule is Cn1c(=O)oc2cc(NC(=O)C(Cc3ccncc3)c3ccccc3)ccc21. The number of hydrogen-bond acceptors (Lipinski definition) is 4. The largest absolute Gasteiger partial charge is 0.419 e. The molecule has 2 aromatic heterocycles. The van der Waals surface area contributed by atoms with Gasteiger partial charge in [0.05, 0.1) is 11.4 Å². The van der Waals surface area contributed by atoms with Crippen molar-refractivity contribution in [1.82, 2.24) is 9.55 Å². The Hall–Kier alpha value is -3.67. The van der Waals surface area contributed by atoms with Gasteiger partial charge in [0.15, 0.2) is 5.58 Å². The maximum Gasteiger partial charge on any atom is 0.419 e. The Morgan fingerprint density at radius 1 is 1.11 bits per heavy atom. The number of nitrogens with one attached hydrogen (secondary N) is 1. The molecular weight excluding hydrogens is 354 g/mol. The first-order valence-electron chi connectivity index (χ1n) is 8.96. The molecule has 2 aromatic carbocycles. The van der Waals surface area contributed by atoms with E-state index in [0.29, 0.717) is 23.2 Å². The van der Waals surface area contributed by atoms with E-state index in [9.17, 15) is 9.59 Å². The van der Waals surface area contributed by atoms with Crippen LogP contribution in [0.5, 0.6) is 0 Å². The molecule has 0 aliphatic rings. The number of amides is 1. The van der Waals surface area contributed by atoms with Gasteiger partial charge in [0.2, 0.25) is 5.91 Å². The van der Waals surface area contributed by atoms with Crippen molar-refractivity contribution in [3.05, 3.63) is 94.7 Å². The number of carbonyl (C=O) groups excluding carboxylic acids is 1. The van der Waals surface area contributed by atoms with E-state index >= 15 is 0 Å². The Kier molecular flexibility index (Phi) is 4.76. The third-order valence-corrected chi connectivity index (χ3v) is 4.77. The van der Waals surface area contributed by atoms with Crippen LogP contribution in [0.1, 0.15) is 17.0 Å². The summed E-state index contributed by atoms with van der Waals surface area (Å²) in [5.74, 6) is -0.916. The van der Waals surface area contributed by atoms with Gasteiger partial charge in [0, 0.05) is 31.2 Å². The molecule has 0 spiro atoms. The van der Waals surface area contributed by atoms with E-state index in [0.717, 1.165) is 11.1 Å². The first-order valence-corrected chi connectivity index (χ1v) is 8.96. The fourth-order valence-electron chi connectivity index (χ4n) is 3.24. The predicted molar refractivity (Wildman–Crippen MR) is 107 cm³/mol. The van der Waals surface area contributed by atoms with Gasteiger partial charge in [-0.2, -0.15) is 0 Å². The molecule has 1 unspecified atom stereocenters. The van der Waals surface area contributed by atoms with Gasteiger partial charge in [-0.05, 0) is 41.8 Å². The fraction of sp³-hybridized carbons (Fsp3) is 0.136. The zero-order valence-corrected chi connectivity index (χ0v) is 15.3. The number of hydrogen-bond donors (Lipinski definition) is 1. The van der Waals surface area contributed by atoms with Gasteiger partial charge in [-0.25, -0.2) is 4.79 Å². The van der Waals surface area contributed by atoms with Crippen LogP contribution in [0.2, 0.25) is 0 Å². The van der Waals surface area contributed by atoms with Crippen molar-refractivity contribution in [3.63, 3.8) is 0 Å². The summed E-state index contributed by atoms with van der Waals surface area (Å²) in [6, 6.07) is 18.7. The Morgan fingerprint density at radius 3 is 2.61 bits per heavy atom. The Bertz CT molecular complexity index is 1160. The van der Waals surface area contributed by atoms with E-state index in [-0.39, 0.29) is 11.8 Å². The van der Waals surface area contributed by atoms with E-state index in [4.69, 9.17) is 4.42 Å². The first-order chi connectivity index (χ1) is 13.6. The lowest BCUT2D eigenvalue weighted by molar-refractivity contribution is -0.117. The van der Waals surface area contributed by atoms with Crippen LogP contribution in [-0.4, -0.2) is 15.5 Å². The number of rotatable bonds is 5. The van der Waals surface area contributed by atoms with Crippen LogP contribution < -0.4 is 11.1 Å². The van der Waals surface area contributed by atoms with Crippen LogP contribution in [0.25, 0.3) is 11.1 Å². The number of aryl methyl sites for hydroxylation is 1. The van der Waals surface area contributed by atoms with Gasteiger partial charge < -0.3 is 9.73 Å². The summed E-state index contributed by atoms with van der Waals surface area (Å²) in [5.41, 5.74) is 3.67. The number of fused-ring (bicyclic) bond motifs is 1. The van der Waals surface area contributed by atoms with Crippen LogP contribution in [0.15, 0.2) is 82.3 Å². The Balaban J connectivity index is 1.62. The molecule has 1 atom stereocenters. The van der Waals surface area contributed by atoms with Gasteiger partial charge in [-0.3, -0.25) is 14.3 Å². The highest BCUT2D eigenvalue weighted by atomic mass is 16.4. The minimum Gasteiger partial charge on any atom is -0.408 e. The second kappa shape index (κ2) is 7.52. The number of carbonyl (C=O) groups is 1. The van der Waals surface area contributed by atoms with Crippen molar-refractivity contribution >= 4 is 22.7 Å². The molecule has 0 saturated carbocycles. The molecule has 4 rings (SSSR count). The number of oxazole rings is 1. The van der Waals surface area contributed by atoms with Gasteiger partial charge >= 0.3 is 5.76 Å². The fourth-order valence-corrected chi connectivity index (χ4v) is 3.24. The molecule has 0 aliphatic heterocycles. The molecular formula is C22H19N3O3. The first kappa shape index (κ1) is 17.7. The summed E-state index contributed by atoms with van der Waals surface area (Å²) in [7, 11) is 1.65. The van der Waals surface area contributed by atoms with Crippen LogP contribution in [0.4, 0.5) is 5.69 Å². The summed E-state index contributed by atoms with van der Waals surface area (Å²) in [4.78, 5) is 28.8. The highest BCUT2D eigenvalue weighted by Crippen LogP contribution is 2.24. The molecule has 6 heteroatoms. The average molecular weight is 373 g/mol. The van der Waals surface area contributed by atoms with Crippen molar-refractivity contribution in [2.45, 2.75) is 12.3 Å². The monoisotopic (exact) mass is 373 g/mol. The van der Waals surface area contributed by atoms with E-state index in [2.05, 4.69) is 10.3 Å². The van der Waals surface area contributed by atoms with Gasteiger partial charge in [0.25, 0.3) is 0 Å². The third-order valence-electron chi connectivity index (χ3n) is 4.77. The number of aromatic nitrogens is 2. The summed E-state index contributed by atoms with van der Waals surface area (Å²) >= 11 is 0. The van der Waals surface area contributed by atoms with Gasteiger partial charge in [-0.15, -0.1) is 0 Å². The van der Waals surface area contributed by atoms with Crippen molar-refractivity contribution in [2.24, 2.45) is 7.05 Å². The second-order valence-corrected chi connectivity index (χ2v) is 6.62. The molecule has 0 radical (unpaired) electrons. The Labute approximate surface area is 161 Å². The van der Waals surface area contributed by atoms with Crippen LogP contribution in [0.3, 0.4) is 0 Å². The maximum atomic E-state index is 13.1. The highest BCUT2D eigenvalue weighted by Gasteiger charge is 2.21. The lowest BCUT2D eigenvalue weighted by Crippen LogP contribution is -2.23. The molecule has 4 aromatic rings. The molecule has 0 fully saturated rings. The summed E-state index contributed by atoms with van der Waals surface area (Å²) in [5, 5.41) is 2.96. The molecule has 1 amide bonds. The van der Waals surface area contributed by atoms with Crippen molar-refractivity contribution in [1.29, 1.82) is 0 Å². The number of anilines is 1. The van der Waals surface area contributed by atoms with E-state index < -0.39 is 5.76 Å². The zero-order chi connectivity index (χ0) is 19.5. The quantitative estimate of drug-likeness (QED) is 0.581. The zero-order valence-electron chi connectivity index (χ0n) is 15.3. The lowest BCUT2D eigenvalue weighted by atomic mass is 9.91. The summed E-state index contributed by atoms with van der Waals surface area (Å²) in [6.07, 6.45) is 4.00. The molecule has 140 valence electrons. The molecule has 0 bridgehead atoms. The molecule has 28 heavy (non-hydrogen) atoms. The van der Waals surface area contributed by atoms with Crippen molar-refractivity contribution in [2.75, 3.05) is 5.32 Å². The van der Waals surface area contributed by atoms with Crippen molar-refractivity contribution < 1.29 is 9.21 Å². The molecule has 0 saturated heterocycles. The second-order valence-electron chi connectivity index (χ2n) is 6.62. The predicted octanol–water partition coefficient (Wildman–Crippen LogP) is 3.49. The summed E-state index contributed by atoms with van der Waals surface area (Å²) in [6.45, 7) is 0. The van der Waals surface area contributed by atoms with E-state index in [1.807, 2.05) is 42.5 Å². The maximum absolute atomic E-state index is 13.1. The normalized spacial score (nSPS) is 12.0. The molecule has 1 N–H and O–H groups in total. The standard InChI is InChI=1S/C22H19N3O3/c1-25-19-8-7-17(14-20(19)28-22(25)27)24-21(26)18(16-5-3-2-4-6-16)13-15-9-11-23-12-10-15/h2-12,14,18H,13H2,1H3,(H,24,26). The topological polar surface area (TPSA) is 77.1 Å². The van der Waals surface area contributed by atoms with Gasteiger partial charge in [0.1, 0.15) is 0 Å². The lowest BCUT2D eigenvalue weighted by Gasteiger charge is -2.17.